The number of amides is 2. The number of hydrogen-bond acceptors (Lipinski definition) is 4. The maximum absolute atomic E-state index is 12.6. The minimum atomic E-state index is -0.538. The third kappa shape index (κ3) is 4.66. The number of benzene rings is 2. The summed E-state index contributed by atoms with van der Waals surface area (Å²) in [6, 6.07) is 14.3. The van der Waals surface area contributed by atoms with E-state index in [9.17, 15) is 9.59 Å². The summed E-state index contributed by atoms with van der Waals surface area (Å²) in [4.78, 5) is 30.8. The minimum absolute atomic E-state index is 0.125. The molecule has 0 spiro atoms. The highest BCUT2D eigenvalue weighted by atomic mass is 79.9. The standard InChI is InChI=1S/C18H15BrClN3O2S/c1-23-16(24)10-15(17(25)21-13-8-4-12(20)5-9-13)26-18(23)22-14-6-2-11(19)3-7-14/h2-9,15H,10H2,1H3,(H,21,25). The largest absolute Gasteiger partial charge is 0.325 e. The lowest BCUT2D eigenvalue weighted by molar-refractivity contribution is -0.128. The third-order valence-corrected chi connectivity index (χ3v) is 5.75. The predicted octanol–water partition coefficient (Wildman–Crippen LogP) is 4.69. The Bertz CT molecular complexity index is 856. The second kappa shape index (κ2) is 8.24. The van der Waals surface area contributed by atoms with Gasteiger partial charge in [0.15, 0.2) is 5.17 Å². The van der Waals surface area contributed by atoms with Crippen LogP contribution in [0.15, 0.2) is 58.0 Å². The molecule has 1 heterocycles. The number of rotatable bonds is 3. The first-order valence-electron chi connectivity index (χ1n) is 7.76. The van der Waals surface area contributed by atoms with Gasteiger partial charge in [0, 0.05) is 28.7 Å². The van der Waals surface area contributed by atoms with Crippen molar-refractivity contribution in [3.8, 4) is 0 Å². The molecule has 1 aliphatic rings. The maximum Gasteiger partial charge on any atom is 0.238 e. The fourth-order valence-electron chi connectivity index (χ4n) is 2.28. The molecular formula is C18H15BrClN3O2S. The third-order valence-electron chi connectivity index (χ3n) is 3.72. The molecule has 1 atom stereocenters. The first-order valence-corrected chi connectivity index (χ1v) is 9.81. The number of aliphatic imine (C=N–C) groups is 1. The molecule has 1 saturated heterocycles. The second-order valence-electron chi connectivity index (χ2n) is 5.63. The monoisotopic (exact) mass is 451 g/mol. The summed E-state index contributed by atoms with van der Waals surface area (Å²) < 4.78 is 0.947. The van der Waals surface area contributed by atoms with E-state index in [0.717, 1.165) is 4.47 Å². The van der Waals surface area contributed by atoms with Crippen molar-refractivity contribution in [3.05, 3.63) is 58.0 Å². The number of halogens is 2. The highest BCUT2D eigenvalue weighted by molar-refractivity contribution is 9.10. The average molecular weight is 453 g/mol. The SMILES string of the molecule is CN1C(=O)CC(C(=O)Nc2ccc(Cl)cc2)SC1=Nc1ccc(Br)cc1. The van der Waals surface area contributed by atoms with Crippen LogP contribution in [0.4, 0.5) is 11.4 Å². The Morgan fingerprint density at radius 2 is 1.88 bits per heavy atom. The fourth-order valence-corrected chi connectivity index (χ4v) is 3.73. The molecule has 0 bridgehead atoms. The van der Waals surface area contributed by atoms with Crippen LogP contribution in [0, 0.1) is 0 Å². The lowest BCUT2D eigenvalue weighted by atomic mass is 10.2. The maximum atomic E-state index is 12.6. The van der Waals surface area contributed by atoms with Crippen LogP contribution in [0.3, 0.4) is 0 Å². The number of carbonyl (C=O) groups excluding carboxylic acids is 2. The molecule has 1 unspecified atom stereocenters. The smallest absolute Gasteiger partial charge is 0.238 e. The number of carbonyl (C=O) groups is 2. The van der Waals surface area contributed by atoms with Gasteiger partial charge in [-0.05, 0) is 48.5 Å². The Kier molecular flexibility index (Phi) is 6.01. The van der Waals surface area contributed by atoms with Crippen molar-refractivity contribution in [2.75, 3.05) is 12.4 Å². The number of nitrogens with zero attached hydrogens (tertiary/aromatic N) is 2. The van der Waals surface area contributed by atoms with E-state index in [4.69, 9.17) is 11.6 Å². The van der Waals surface area contributed by atoms with Gasteiger partial charge in [-0.15, -0.1) is 0 Å². The van der Waals surface area contributed by atoms with Crippen molar-refractivity contribution in [1.29, 1.82) is 0 Å². The minimum Gasteiger partial charge on any atom is -0.325 e. The van der Waals surface area contributed by atoms with Crippen LogP contribution in [0.25, 0.3) is 0 Å². The summed E-state index contributed by atoms with van der Waals surface area (Å²) in [5, 5.41) is 3.37. The van der Waals surface area contributed by atoms with Crippen molar-refractivity contribution in [2.24, 2.45) is 4.99 Å². The number of amidine groups is 1. The molecule has 5 nitrogen and oxygen atoms in total. The molecule has 2 aromatic rings. The van der Waals surface area contributed by atoms with Crippen LogP contribution in [0.1, 0.15) is 6.42 Å². The zero-order chi connectivity index (χ0) is 18.7. The summed E-state index contributed by atoms with van der Waals surface area (Å²) in [7, 11) is 1.67. The molecule has 0 radical (unpaired) electrons. The van der Waals surface area contributed by atoms with E-state index in [-0.39, 0.29) is 18.2 Å². The summed E-state index contributed by atoms with van der Waals surface area (Å²) in [6.45, 7) is 0. The molecule has 2 amide bonds. The summed E-state index contributed by atoms with van der Waals surface area (Å²) in [6.07, 6.45) is 0.125. The molecule has 1 aliphatic heterocycles. The van der Waals surface area contributed by atoms with E-state index in [2.05, 4.69) is 26.2 Å². The predicted molar refractivity (Wildman–Crippen MR) is 110 cm³/mol. The Morgan fingerprint density at radius 1 is 1.23 bits per heavy atom. The van der Waals surface area contributed by atoms with Gasteiger partial charge in [0.25, 0.3) is 0 Å². The van der Waals surface area contributed by atoms with Crippen molar-refractivity contribution < 1.29 is 9.59 Å². The summed E-state index contributed by atoms with van der Waals surface area (Å²) >= 11 is 10.5. The van der Waals surface area contributed by atoms with Crippen molar-refractivity contribution in [3.63, 3.8) is 0 Å². The molecule has 8 heteroatoms. The Morgan fingerprint density at radius 3 is 2.54 bits per heavy atom. The number of nitrogens with one attached hydrogen (secondary N) is 1. The van der Waals surface area contributed by atoms with Gasteiger partial charge in [-0.25, -0.2) is 4.99 Å². The van der Waals surface area contributed by atoms with Gasteiger partial charge in [0.05, 0.1) is 5.69 Å². The van der Waals surface area contributed by atoms with E-state index >= 15 is 0 Å². The molecule has 1 N–H and O–H groups in total. The molecule has 0 saturated carbocycles. The van der Waals surface area contributed by atoms with E-state index in [1.165, 1.54) is 16.7 Å². The van der Waals surface area contributed by atoms with Gasteiger partial charge < -0.3 is 5.32 Å². The molecule has 0 aliphatic carbocycles. The highest BCUT2D eigenvalue weighted by Gasteiger charge is 2.34. The van der Waals surface area contributed by atoms with Gasteiger partial charge in [-0.1, -0.05) is 39.3 Å². The number of thioether (sulfide) groups is 1. The number of anilines is 1. The first kappa shape index (κ1) is 18.9. The van der Waals surface area contributed by atoms with Crippen molar-refractivity contribution >= 4 is 67.6 Å². The molecule has 3 rings (SSSR count). The molecule has 1 fully saturated rings. The molecule has 134 valence electrons. The van der Waals surface area contributed by atoms with Crippen LogP contribution < -0.4 is 5.32 Å². The topological polar surface area (TPSA) is 61.8 Å². The van der Waals surface area contributed by atoms with E-state index < -0.39 is 5.25 Å². The quantitative estimate of drug-likeness (QED) is 0.735. The van der Waals surface area contributed by atoms with Gasteiger partial charge in [-0.3, -0.25) is 14.5 Å². The average Bonchev–Trinajstić information content (AvgIpc) is 2.62. The summed E-state index contributed by atoms with van der Waals surface area (Å²) in [5.74, 6) is -0.377. The van der Waals surface area contributed by atoms with Crippen LogP contribution in [-0.4, -0.2) is 34.2 Å². The summed E-state index contributed by atoms with van der Waals surface area (Å²) in [5.41, 5.74) is 1.35. The first-order chi connectivity index (χ1) is 12.4. The highest BCUT2D eigenvalue weighted by Crippen LogP contribution is 2.29. The zero-order valence-corrected chi connectivity index (χ0v) is 16.9. The van der Waals surface area contributed by atoms with Gasteiger partial charge in [-0.2, -0.15) is 0 Å². The van der Waals surface area contributed by atoms with Crippen LogP contribution in [0.5, 0.6) is 0 Å². The molecular weight excluding hydrogens is 438 g/mol. The van der Waals surface area contributed by atoms with Gasteiger partial charge in [0.2, 0.25) is 11.8 Å². The molecule has 26 heavy (non-hydrogen) atoms. The van der Waals surface area contributed by atoms with Crippen LogP contribution in [-0.2, 0) is 9.59 Å². The van der Waals surface area contributed by atoms with E-state index in [0.29, 0.717) is 21.6 Å². The Labute approximate surface area is 168 Å². The Hall–Kier alpha value is -1.83. The van der Waals surface area contributed by atoms with Gasteiger partial charge >= 0.3 is 0 Å². The zero-order valence-electron chi connectivity index (χ0n) is 13.8. The second-order valence-corrected chi connectivity index (χ2v) is 8.15. The lowest BCUT2D eigenvalue weighted by Crippen LogP contribution is -2.43. The van der Waals surface area contributed by atoms with E-state index in [1.807, 2.05) is 24.3 Å². The molecule has 0 aromatic heterocycles. The lowest BCUT2D eigenvalue weighted by Gasteiger charge is -2.28. The van der Waals surface area contributed by atoms with Crippen molar-refractivity contribution in [1.82, 2.24) is 4.90 Å². The van der Waals surface area contributed by atoms with Gasteiger partial charge in [0.1, 0.15) is 5.25 Å². The van der Waals surface area contributed by atoms with E-state index in [1.54, 1.807) is 31.3 Å². The van der Waals surface area contributed by atoms with Crippen LogP contribution in [0.2, 0.25) is 5.02 Å². The number of hydrogen-bond donors (Lipinski definition) is 1. The van der Waals surface area contributed by atoms with Crippen molar-refractivity contribution in [2.45, 2.75) is 11.7 Å². The Balaban J connectivity index is 1.76. The molecule has 2 aromatic carbocycles. The normalized spacial score (nSPS) is 18.9. The fraction of sp³-hybridized carbons (Fsp3) is 0.167. The van der Waals surface area contributed by atoms with Crippen LogP contribution >= 0.6 is 39.3 Å².